The normalized spacial score (nSPS) is 18.3. The molecule has 2 aromatic carbocycles. The smallest absolute Gasteiger partial charge is 0.235 e. The molecule has 0 bridgehead atoms. The number of fused-ring (bicyclic) bond motifs is 1. The monoisotopic (exact) mass is 410 g/mol. The lowest BCUT2D eigenvalue weighted by Gasteiger charge is -2.33. The number of carbonyl (C=O) groups excluding carboxylic acids is 1. The number of para-hydroxylation sites is 1. The molecule has 5 heteroatoms. The van der Waals surface area contributed by atoms with Crippen LogP contribution in [0.15, 0.2) is 59.6 Å². The predicted molar refractivity (Wildman–Crippen MR) is 121 cm³/mol. The van der Waals surface area contributed by atoms with Gasteiger partial charge in [-0.3, -0.25) is 4.79 Å². The van der Waals surface area contributed by atoms with Gasteiger partial charge in [-0.2, -0.15) is 0 Å². The van der Waals surface area contributed by atoms with Gasteiger partial charge in [-0.1, -0.05) is 72.1 Å². The van der Waals surface area contributed by atoms with E-state index >= 15 is 0 Å². The van der Waals surface area contributed by atoms with Crippen LogP contribution < -0.4 is 0 Å². The minimum absolute atomic E-state index is 0.0813. The van der Waals surface area contributed by atoms with Gasteiger partial charge in [0.2, 0.25) is 5.91 Å². The summed E-state index contributed by atoms with van der Waals surface area (Å²) in [5.41, 5.74) is 3.73. The molecule has 0 spiro atoms. The van der Waals surface area contributed by atoms with Crippen LogP contribution in [-0.2, 0) is 17.0 Å². The van der Waals surface area contributed by atoms with Crippen molar-refractivity contribution in [1.29, 1.82) is 0 Å². The van der Waals surface area contributed by atoms with Crippen LogP contribution in [0, 0.1) is 5.92 Å². The molecule has 2 aliphatic rings. The first-order valence-corrected chi connectivity index (χ1v) is 11.8. The molecule has 0 aliphatic carbocycles. The maximum absolute atomic E-state index is 12.9. The van der Waals surface area contributed by atoms with Gasteiger partial charge in [-0.05, 0) is 49.3 Å². The third-order valence-electron chi connectivity index (χ3n) is 5.47. The Morgan fingerprint density at radius 3 is 2.64 bits per heavy atom. The summed E-state index contributed by atoms with van der Waals surface area (Å²) in [4.78, 5) is 19.7. The molecule has 3 nitrogen and oxygen atoms in total. The van der Waals surface area contributed by atoms with Crippen LogP contribution in [0.1, 0.15) is 30.9 Å². The molecule has 1 fully saturated rings. The lowest BCUT2D eigenvalue weighted by molar-refractivity contribution is -0.131. The fourth-order valence-electron chi connectivity index (χ4n) is 3.84. The first kappa shape index (κ1) is 19.6. The largest absolute Gasteiger partial charge is 0.342 e. The Bertz CT molecular complexity index is 845. The minimum atomic E-state index is -0.0813. The SMILES string of the molecule is CC(SC1=Nc2ccccc2CS1)C(=O)N1CCC(Cc2ccccc2)CC1. The van der Waals surface area contributed by atoms with Crippen LogP contribution in [0.5, 0.6) is 0 Å². The molecule has 146 valence electrons. The summed E-state index contributed by atoms with van der Waals surface area (Å²) >= 11 is 3.35. The fraction of sp³-hybridized carbons (Fsp3) is 0.391. The van der Waals surface area contributed by atoms with E-state index in [1.807, 2.05) is 13.0 Å². The quantitative estimate of drug-likeness (QED) is 0.665. The van der Waals surface area contributed by atoms with Gasteiger partial charge in [-0.25, -0.2) is 4.99 Å². The molecule has 4 rings (SSSR count). The second-order valence-electron chi connectivity index (χ2n) is 7.51. The van der Waals surface area contributed by atoms with E-state index in [-0.39, 0.29) is 11.2 Å². The number of nitrogens with zero attached hydrogens (tertiary/aromatic N) is 2. The number of amides is 1. The average Bonchev–Trinajstić information content (AvgIpc) is 2.74. The first-order valence-electron chi connectivity index (χ1n) is 9.98. The Hall–Kier alpha value is -1.72. The third kappa shape index (κ3) is 4.81. The number of aliphatic imine (C=N–C) groups is 1. The van der Waals surface area contributed by atoms with Crippen molar-refractivity contribution in [2.75, 3.05) is 13.1 Å². The zero-order chi connectivity index (χ0) is 19.3. The summed E-state index contributed by atoms with van der Waals surface area (Å²) in [6, 6.07) is 19.0. The molecular weight excluding hydrogens is 384 g/mol. The van der Waals surface area contributed by atoms with Crippen LogP contribution in [0.3, 0.4) is 0 Å². The first-order chi connectivity index (χ1) is 13.7. The zero-order valence-corrected chi connectivity index (χ0v) is 17.8. The van der Waals surface area contributed by atoms with Crippen molar-refractivity contribution in [2.24, 2.45) is 10.9 Å². The highest BCUT2D eigenvalue weighted by Crippen LogP contribution is 2.36. The Balaban J connectivity index is 1.29. The van der Waals surface area contributed by atoms with Crippen LogP contribution in [0.4, 0.5) is 5.69 Å². The second kappa shape index (κ2) is 9.19. The van der Waals surface area contributed by atoms with Gasteiger partial charge >= 0.3 is 0 Å². The van der Waals surface area contributed by atoms with Crippen LogP contribution in [0.25, 0.3) is 0 Å². The van der Waals surface area contributed by atoms with Gasteiger partial charge < -0.3 is 4.90 Å². The van der Waals surface area contributed by atoms with E-state index in [1.54, 1.807) is 23.5 Å². The lowest BCUT2D eigenvalue weighted by Crippen LogP contribution is -2.42. The van der Waals surface area contributed by atoms with Gasteiger partial charge in [-0.15, -0.1) is 0 Å². The molecule has 0 aromatic heterocycles. The zero-order valence-electron chi connectivity index (χ0n) is 16.2. The molecule has 0 N–H and O–H groups in total. The summed E-state index contributed by atoms with van der Waals surface area (Å²) in [6.07, 6.45) is 3.32. The molecule has 28 heavy (non-hydrogen) atoms. The van der Waals surface area contributed by atoms with Gasteiger partial charge in [0.25, 0.3) is 0 Å². The summed E-state index contributed by atoms with van der Waals surface area (Å²) in [5.74, 6) is 1.88. The van der Waals surface area contributed by atoms with E-state index in [9.17, 15) is 4.79 Å². The van der Waals surface area contributed by atoms with Crippen molar-refractivity contribution in [3.63, 3.8) is 0 Å². The highest BCUT2D eigenvalue weighted by atomic mass is 32.2. The van der Waals surface area contributed by atoms with Crippen LogP contribution in [-0.4, -0.2) is 33.5 Å². The van der Waals surface area contributed by atoms with Gasteiger partial charge in [0, 0.05) is 18.8 Å². The maximum atomic E-state index is 12.9. The molecule has 1 atom stereocenters. The fourth-order valence-corrected chi connectivity index (χ4v) is 6.11. The third-order valence-corrected chi connectivity index (χ3v) is 7.76. The number of thioether (sulfide) groups is 2. The standard InChI is InChI=1S/C23H26N2OS2/c1-17(28-23-24-21-10-6-5-9-20(21)16-27-23)22(26)25-13-11-19(12-14-25)15-18-7-3-2-4-8-18/h2-10,17,19H,11-16H2,1H3. The van der Waals surface area contributed by atoms with Gasteiger partial charge in [0.1, 0.15) is 4.38 Å². The van der Waals surface area contributed by atoms with E-state index in [0.717, 1.165) is 48.2 Å². The van der Waals surface area contributed by atoms with Crippen LogP contribution in [0.2, 0.25) is 0 Å². The van der Waals surface area contributed by atoms with Crippen molar-refractivity contribution >= 4 is 39.5 Å². The second-order valence-corrected chi connectivity index (χ2v) is 10.1. The van der Waals surface area contributed by atoms with E-state index in [1.165, 1.54) is 11.1 Å². The Morgan fingerprint density at radius 1 is 1.14 bits per heavy atom. The topological polar surface area (TPSA) is 32.7 Å². The summed E-state index contributed by atoms with van der Waals surface area (Å²) in [6.45, 7) is 3.78. The molecule has 2 heterocycles. The van der Waals surface area contributed by atoms with E-state index in [2.05, 4.69) is 53.4 Å². The van der Waals surface area contributed by atoms with E-state index in [0.29, 0.717) is 5.92 Å². The van der Waals surface area contributed by atoms with E-state index in [4.69, 9.17) is 4.99 Å². The number of hydrogen-bond donors (Lipinski definition) is 0. The molecule has 2 aliphatic heterocycles. The number of carbonyl (C=O) groups is 1. The number of benzene rings is 2. The average molecular weight is 411 g/mol. The predicted octanol–water partition coefficient (Wildman–Crippen LogP) is 5.52. The Morgan fingerprint density at radius 2 is 1.86 bits per heavy atom. The molecule has 1 saturated heterocycles. The van der Waals surface area contributed by atoms with Crippen molar-refractivity contribution in [1.82, 2.24) is 4.90 Å². The highest BCUT2D eigenvalue weighted by Gasteiger charge is 2.28. The number of rotatable bonds is 4. The summed E-state index contributed by atoms with van der Waals surface area (Å²) < 4.78 is 1.01. The minimum Gasteiger partial charge on any atom is -0.342 e. The Kier molecular flexibility index (Phi) is 6.43. The number of piperidine rings is 1. The molecule has 2 aromatic rings. The van der Waals surface area contributed by atoms with Crippen molar-refractivity contribution < 1.29 is 4.79 Å². The summed E-state index contributed by atoms with van der Waals surface area (Å²) in [5, 5.41) is -0.0813. The number of likely N-dealkylation sites (tertiary alicyclic amines) is 1. The van der Waals surface area contributed by atoms with Gasteiger partial charge in [0.05, 0.1) is 10.9 Å². The van der Waals surface area contributed by atoms with Crippen molar-refractivity contribution in [3.8, 4) is 0 Å². The molecule has 1 amide bonds. The molecule has 0 radical (unpaired) electrons. The highest BCUT2D eigenvalue weighted by molar-refractivity contribution is 8.39. The lowest BCUT2D eigenvalue weighted by atomic mass is 9.90. The molecule has 1 unspecified atom stereocenters. The number of hydrogen-bond acceptors (Lipinski definition) is 4. The van der Waals surface area contributed by atoms with Crippen molar-refractivity contribution in [3.05, 3.63) is 65.7 Å². The molecular formula is C23H26N2OS2. The molecule has 0 saturated carbocycles. The maximum Gasteiger partial charge on any atom is 0.235 e. The van der Waals surface area contributed by atoms with Gasteiger partial charge in [0.15, 0.2) is 0 Å². The van der Waals surface area contributed by atoms with Crippen molar-refractivity contribution in [2.45, 2.75) is 37.2 Å². The summed E-state index contributed by atoms with van der Waals surface area (Å²) in [7, 11) is 0. The van der Waals surface area contributed by atoms with Crippen LogP contribution >= 0.6 is 23.5 Å². The Labute approximate surface area is 176 Å². The van der Waals surface area contributed by atoms with E-state index < -0.39 is 0 Å².